The van der Waals surface area contributed by atoms with Crippen LogP contribution in [0.2, 0.25) is 0 Å². The molecule has 49 heavy (non-hydrogen) atoms. The van der Waals surface area contributed by atoms with Gasteiger partial charge in [-0.05, 0) is 69.9 Å². The van der Waals surface area contributed by atoms with Crippen molar-refractivity contribution in [2.24, 2.45) is 17.3 Å². The number of ether oxygens (including phenoxy) is 2. The Morgan fingerprint density at radius 3 is 2.37 bits per heavy atom. The first kappa shape index (κ1) is 37.2. The van der Waals surface area contributed by atoms with Crippen LogP contribution in [-0.2, 0) is 28.7 Å². The van der Waals surface area contributed by atoms with Gasteiger partial charge in [-0.3, -0.25) is 19.2 Å². The average molecular weight is 743 g/mol. The molecule has 268 valence electrons. The van der Waals surface area contributed by atoms with E-state index in [-0.39, 0.29) is 49.3 Å². The summed E-state index contributed by atoms with van der Waals surface area (Å²) in [5.74, 6) is -3.34. The molecule has 0 saturated carbocycles. The van der Waals surface area contributed by atoms with Crippen molar-refractivity contribution in [2.45, 2.75) is 115 Å². The Morgan fingerprint density at radius 1 is 0.980 bits per heavy atom. The molecule has 10 nitrogen and oxygen atoms in total. The maximum absolute atomic E-state index is 15.2. The summed E-state index contributed by atoms with van der Waals surface area (Å²) in [5.41, 5.74) is -1.40. The summed E-state index contributed by atoms with van der Waals surface area (Å²) < 4.78 is 13.6. The van der Waals surface area contributed by atoms with Crippen molar-refractivity contribution in [3.05, 3.63) is 58.6 Å². The lowest BCUT2D eigenvalue weighted by atomic mass is 9.74. The van der Waals surface area contributed by atoms with Gasteiger partial charge in [0.25, 0.3) is 0 Å². The number of carbonyl (C=O) groups is 4. The number of halogens is 1. The number of fused-ring (bicyclic) bond motifs is 2. The van der Waals surface area contributed by atoms with Crippen LogP contribution in [0.1, 0.15) is 91.7 Å². The number of aliphatic hydroxyl groups is 1. The molecule has 4 heterocycles. The lowest BCUT2D eigenvalue weighted by molar-refractivity contribution is -0.161. The van der Waals surface area contributed by atoms with Crippen LogP contribution in [0, 0.1) is 17.3 Å². The number of nitrogens with one attached hydrogen (secondary N) is 1. The fourth-order valence-corrected chi connectivity index (χ4v) is 9.21. The zero-order valence-electron chi connectivity index (χ0n) is 29.6. The lowest BCUT2D eigenvalue weighted by Gasteiger charge is -2.45. The summed E-state index contributed by atoms with van der Waals surface area (Å²) in [6.45, 7) is 12.9. The number of amides is 3. The Bertz CT molecular complexity index is 1470. The number of likely N-dealkylation sites (tertiary alicyclic amines) is 1. The number of rotatable bonds is 8. The van der Waals surface area contributed by atoms with Crippen LogP contribution in [0.15, 0.2) is 53.0 Å². The molecule has 2 N–H and O–H groups in total. The number of hydrogen-bond donors (Lipinski definition) is 2. The first-order chi connectivity index (χ1) is 23.1. The van der Waals surface area contributed by atoms with E-state index in [1.165, 1.54) is 0 Å². The minimum absolute atomic E-state index is 0.0415. The second-order valence-electron chi connectivity index (χ2n) is 15.8. The van der Waals surface area contributed by atoms with Gasteiger partial charge >= 0.3 is 5.97 Å². The molecule has 2 fully saturated rings. The Hall–Kier alpha value is -3.02. The summed E-state index contributed by atoms with van der Waals surface area (Å²) in [6, 6.07) is 7.68. The van der Waals surface area contributed by atoms with Gasteiger partial charge in [-0.25, -0.2) is 0 Å². The molecule has 11 heteroatoms. The normalized spacial score (nSPS) is 31.8. The number of benzene rings is 1. The van der Waals surface area contributed by atoms with Gasteiger partial charge in [-0.15, -0.1) is 0 Å². The van der Waals surface area contributed by atoms with Crippen molar-refractivity contribution in [1.82, 2.24) is 15.1 Å². The first-order valence-electron chi connectivity index (χ1n) is 17.6. The highest BCUT2D eigenvalue weighted by atomic mass is 79.9. The second-order valence-corrected chi connectivity index (χ2v) is 16.7. The Labute approximate surface area is 298 Å². The van der Waals surface area contributed by atoms with E-state index < -0.39 is 53.2 Å². The zero-order chi connectivity index (χ0) is 35.7. The predicted octanol–water partition coefficient (Wildman–Crippen LogP) is 5.20. The number of cyclic esters (lactones) is 1. The molecule has 5 bridgehead atoms. The topological polar surface area (TPSA) is 125 Å². The second kappa shape index (κ2) is 14.7. The molecule has 0 aromatic heterocycles. The summed E-state index contributed by atoms with van der Waals surface area (Å²) >= 11 is 3.64. The molecular formula is C38H52BrN3O7. The lowest BCUT2D eigenvalue weighted by Crippen LogP contribution is -2.60. The Balaban J connectivity index is 1.62. The van der Waals surface area contributed by atoms with Gasteiger partial charge in [0.1, 0.15) is 29.8 Å². The molecule has 2 saturated heterocycles. The third-order valence-corrected chi connectivity index (χ3v) is 10.8. The fraction of sp³-hybridized carbons (Fsp3) is 0.632. The van der Waals surface area contributed by atoms with Crippen LogP contribution in [0.3, 0.4) is 0 Å². The van der Waals surface area contributed by atoms with Crippen LogP contribution in [-0.4, -0.2) is 87.6 Å². The number of hydrogen-bond acceptors (Lipinski definition) is 7. The maximum atomic E-state index is 15.2. The third kappa shape index (κ3) is 7.54. The van der Waals surface area contributed by atoms with Crippen molar-refractivity contribution in [3.8, 4) is 0 Å². The van der Waals surface area contributed by atoms with Gasteiger partial charge in [0.15, 0.2) is 0 Å². The van der Waals surface area contributed by atoms with E-state index in [1.807, 2.05) is 67.3 Å². The van der Waals surface area contributed by atoms with Gasteiger partial charge in [0, 0.05) is 36.1 Å². The summed E-state index contributed by atoms with van der Waals surface area (Å²) in [7, 11) is 0. The standard InChI is InChI=1S/C38H52BrN3O7/c1-24-30(25-16-10-7-11-17-25)48-35(47)28-29-33(45)41(19-13-9-15-21-43)32(38(29)22-26(39)31(28)49-38)34(46)42(37(5,6)23-36(2,3)4)20-14-8-12-18-27(44)40-24/h7-8,10-11,14,16-17,22,24,28-32,43H,9,12-13,15,18-21,23H2,1-6H3,(H,40,44)/b14-8-/t24-,28+,29-,30+,31+,32+,38-/m1/s1. The SMILES string of the molecule is C[C@H]1NC(=O)CC/C=C\CN(C(C)(C)CC(C)(C)C)C(=O)[C@@H]2N(CCCCCO)C(=O)[C@H]3[C@H](C(=O)O[C@@H]1c1ccccc1)[C@H]1O[C@@]23C=C1Br. The van der Waals surface area contributed by atoms with Crippen molar-refractivity contribution >= 4 is 39.6 Å². The highest BCUT2D eigenvalue weighted by molar-refractivity contribution is 9.11. The van der Waals surface area contributed by atoms with E-state index in [2.05, 4.69) is 42.0 Å². The van der Waals surface area contributed by atoms with E-state index in [0.29, 0.717) is 42.1 Å². The monoisotopic (exact) mass is 741 g/mol. The minimum atomic E-state index is -1.38. The van der Waals surface area contributed by atoms with Crippen molar-refractivity contribution in [2.75, 3.05) is 19.7 Å². The molecule has 5 rings (SSSR count). The molecular weight excluding hydrogens is 690 g/mol. The first-order valence-corrected chi connectivity index (χ1v) is 18.4. The highest BCUT2D eigenvalue weighted by Gasteiger charge is 2.75. The smallest absolute Gasteiger partial charge is 0.313 e. The third-order valence-electron chi connectivity index (χ3n) is 10.2. The van der Waals surface area contributed by atoms with Crippen LogP contribution >= 0.6 is 15.9 Å². The molecule has 7 atom stereocenters. The summed E-state index contributed by atoms with van der Waals surface area (Å²) in [5, 5.41) is 12.4. The van der Waals surface area contributed by atoms with Crippen LogP contribution < -0.4 is 5.32 Å². The zero-order valence-corrected chi connectivity index (χ0v) is 31.2. The van der Waals surface area contributed by atoms with Crippen LogP contribution in [0.5, 0.6) is 0 Å². The Kier molecular flexibility index (Phi) is 11.2. The van der Waals surface area contributed by atoms with Gasteiger partial charge in [0.2, 0.25) is 17.7 Å². The number of unbranched alkanes of at least 4 members (excludes halogenated alkanes) is 2. The molecule has 4 aliphatic heterocycles. The Morgan fingerprint density at radius 2 is 1.69 bits per heavy atom. The van der Waals surface area contributed by atoms with Gasteiger partial charge in [-0.1, -0.05) is 79.2 Å². The van der Waals surface area contributed by atoms with E-state index in [4.69, 9.17) is 9.47 Å². The van der Waals surface area contributed by atoms with Gasteiger partial charge < -0.3 is 29.7 Å². The quantitative estimate of drug-likeness (QED) is 0.213. The predicted molar refractivity (Wildman–Crippen MR) is 189 cm³/mol. The summed E-state index contributed by atoms with van der Waals surface area (Å²) in [6.07, 6.45) is 7.28. The van der Waals surface area contributed by atoms with E-state index in [0.717, 1.165) is 0 Å². The molecule has 4 aliphatic rings. The van der Waals surface area contributed by atoms with E-state index in [1.54, 1.807) is 11.8 Å². The molecule has 0 radical (unpaired) electrons. The molecule has 1 spiro atoms. The number of nitrogens with zero attached hydrogens (tertiary/aromatic N) is 2. The van der Waals surface area contributed by atoms with Gasteiger partial charge in [-0.2, -0.15) is 0 Å². The van der Waals surface area contributed by atoms with Gasteiger partial charge in [0.05, 0.1) is 12.0 Å². The van der Waals surface area contributed by atoms with E-state index in [9.17, 15) is 19.5 Å². The van der Waals surface area contributed by atoms with Crippen molar-refractivity contribution in [3.63, 3.8) is 0 Å². The minimum Gasteiger partial charge on any atom is -0.455 e. The molecule has 1 aromatic carbocycles. The number of aliphatic hydroxyl groups excluding tert-OH is 1. The molecule has 3 amide bonds. The van der Waals surface area contributed by atoms with Crippen LogP contribution in [0.4, 0.5) is 0 Å². The molecule has 1 aromatic rings. The number of allylic oxidation sites excluding steroid dienone is 1. The van der Waals surface area contributed by atoms with Crippen LogP contribution in [0.25, 0.3) is 0 Å². The number of carbonyl (C=O) groups excluding carboxylic acids is 4. The highest BCUT2D eigenvalue weighted by Crippen LogP contribution is 2.59. The molecule has 0 aliphatic carbocycles. The number of esters is 1. The summed E-state index contributed by atoms with van der Waals surface area (Å²) in [4.78, 5) is 60.7. The van der Waals surface area contributed by atoms with Crippen molar-refractivity contribution < 1.29 is 33.8 Å². The fourth-order valence-electron chi connectivity index (χ4n) is 8.47. The largest absolute Gasteiger partial charge is 0.455 e. The molecule has 0 unspecified atom stereocenters. The van der Waals surface area contributed by atoms with Crippen molar-refractivity contribution in [1.29, 1.82) is 0 Å². The average Bonchev–Trinajstić information content (AvgIpc) is 3.61. The maximum Gasteiger partial charge on any atom is 0.313 e. The van der Waals surface area contributed by atoms with E-state index >= 15 is 4.79 Å².